The molecule has 0 fully saturated rings. The Morgan fingerprint density at radius 3 is 2.40 bits per heavy atom. The van der Waals surface area contributed by atoms with E-state index in [1.54, 1.807) is 24.3 Å². The molecule has 5 rings (SSSR count). The molecule has 0 saturated heterocycles. The minimum absolute atomic E-state index is 0.205. The van der Waals surface area contributed by atoms with E-state index in [2.05, 4.69) is 10.5 Å². The lowest BCUT2D eigenvalue weighted by Crippen LogP contribution is -2.19. The van der Waals surface area contributed by atoms with Crippen LogP contribution in [-0.4, -0.2) is 18.1 Å². The molecule has 35 heavy (non-hydrogen) atoms. The molecule has 172 valence electrons. The Morgan fingerprint density at radius 1 is 0.886 bits per heavy atom. The van der Waals surface area contributed by atoms with Crippen LogP contribution in [0.2, 0.25) is 5.02 Å². The van der Waals surface area contributed by atoms with Crippen LogP contribution in [0.15, 0.2) is 96.1 Å². The van der Waals surface area contributed by atoms with Crippen LogP contribution in [0.25, 0.3) is 20.9 Å². The van der Waals surface area contributed by atoms with Gasteiger partial charge in [0.2, 0.25) is 5.91 Å². The van der Waals surface area contributed by atoms with E-state index in [-0.39, 0.29) is 12.3 Å². The SMILES string of the molecule is O=C(Cc1cccc2ccccc12)NN=Cc1ccc(OC(=O)c2sc3ccccc3c2Cl)cc1. The highest BCUT2D eigenvalue weighted by Gasteiger charge is 2.18. The van der Waals surface area contributed by atoms with E-state index >= 15 is 0 Å². The van der Waals surface area contributed by atoms with E-state index in [1.807, 2.05) is 66.7 Å². The Kier molecular flexibility index (Phi) is 6.57. The van der Waals surface area contributed by atoms with Crippen molar-refractivity contribution < 1.29 is 14.3 Å². The number of esters is 1. The van der Waals surface area contributed by atoms with Gasteiger partial charge in [-0.2, -0.15) is 5.10 Å². The molecule has 0 aliphatic rings. The molecule has 0 unspecified atom stereocenters. The maximum Gasteiger partial charge on any atom is 0.355 e. The van der Waals surface area contributed by atoms with Gasteiger partial charge in [0.1, 0.15) is 10.6 Å². The fraction of sp³-hybridized carbons (Fsp3) is 0.0357. The fourth-order valence-corrected chi connectivity index (χ4v) is 5.14. The van der Waals surface area contributed by atoms with Crippen molar-refractivity contribution in [3.63, 3.8) is 0 Å². The first-order valence-corrected chi connectivity index (χ1v) is 12.1. The highest BCUT2D eigenvalue weighted by atomic mass is 35.5. The number of nitrogens with one attached hydrogen (secondary N) is 1. The van der Waals surface area contributed by atoms with Gasteiger partial charge in [-0.15, -0.1) is 11.3 Å². The fourth-order valence-electron chi connectivity index (χ4n) is 3.76. The summed E-state index contributed by atoms with van der Waals surface area (Å²) in [5, 5.41) is 7.42. The normalized spacial score (nSPS) is 11.2. The Balaban J connectivity index is 1.19. The summed E-state index contributed by atoms with van der Waals surface area (Å²) in [4.78, 5) is 25.3. The second kappa shape index (κ2) is 10.1. The average Bonchev–Trinajstić information content (AvgIpc) is 3.22. The van der Waals surface area contributed by atoms with E-state index < -0.39 is 5.97 Å². The molecule has 0 radical (unpaired) electrons. The highest BCUT2D eigenvalue weighted by molar-refractivity contribution is 7.21. The van der Waals surface area contributed by atoms with E-state index in [0.29, 0.717) is 15.6 Å². The third kappa shape index (κ3) is 5.09. The van der Waals surface area contributed by atoms with Gasteiger partial charge in [0.25, 0.3) is 0 Å². The summed E-state index contributed by atoms with van der Waals surface area (Å²) in [5.41, 5.74) is 4.25. The molecule has 1 heterocycles. The van der Waals surface area contributed by atoms with Crippen molar-refractivity contribution in [2.45, 2.75) is 6.42 Å². The second-order valence-electron chi connectivity index (χ2n) is 7.81. The van der Waals surface area contributed by atoms with Crippen LogP contribution in [0.3, 0.4) is 0 Å². The van der Waals surface area contributed by atoms with Gasteiger partial charge >= 0.3 is 5.97 Å². The number of benzene rings is 4. The lowest BCUT2D eigenvalue weighted by atomic mass is 10.0. The van der Waals surface area contributed by atoms with Crippen LogP contribution >= 0.6 is 22.9 Å². The van der Waals surface area contributed by atoms with Crippen molar-refractivity contribution in [3.8, 4) is 5.75 Å². The van der Waals surface area contributed by atoms with Crippen LogP contribution in [0.5, 0.6) is 5.75 Å². The molecule has 1 aromatic heterocycles. The number of fused-ring (bicyclic) bond motifs is 2. The van der Waals surface area contributed by atoms with Crippen molar-refractivity contribution in [2.75, 3.05) is 0 Å². The summed E-state index contributed by atoms with van der Waals surface area (Å²) >= 11 is 7.66. The van der Waals surface area contributed by atoms with Gasteiger partial charge in [-0.25, -0.2) is 10.2 Å². The molecule has 0 atom stereocenters. The highest BCUT2D eigenvalue weighted by Crippen LogP contribution is 2.35. The predicted octanol–water partition coefficient (Wildman–Crippen LogP) is 6.62. The Bertz CT molecular complexity index is 1570. The molecule has 0 saturated carbocycles. The van der Waals surface area contributed by atoms with E-state index in [1.165, 1.54) is 17.6 Å². The van der Waals surface area contributed by atoms with Crippen molar-refractivity contribution in [1.29, 1.82) is 0 Å². The summed E-state index contributed by atoms with van der Waals surface area (Å²) in [6.07, 6.45) is 1.77. The number of carbonyl (C=O) groups excluding carboxylic acids is 2. The van der Waals surface area contributed by atoms with Gasteiger partial charge in [0.15, 0.2) is 0 Å². The first-order valence-electron chi connectivity index (χ1n) is 10.9. The lowest BCUT2D eigenvalue weighted by molar-refractivity contribution is -0.120. The number of amides is 1. The maximum atomic E-state index is 12.6. The second-order valence-corrected chi connectivity index (χ2v) is 9.24. The molecule has 0 spiro atoms. The number of hydrazone groups is 1. The number of ether oxygens (including phenoxy) is 1. The number of thiophene rings is 1. The quantitative estimate of drug-likeness (QED) is 0.124. The van der Waals surface area contributed by atoms with Gasteiger partial charge in [0.05, 0.1) is 17.7 Å². The molecular formula is C28H19ClN2O3S. The zero-order valence-electron chi connectivity index (χ0n) is 18.4. The van der Waals surface area contributed by atoms with E-state index in [4.69, 9.17) is 16.3 Å². The molecule has 4 aromatic carbocycles. The van der Waals surface area contributed by atoms with Crippen molar-refractivity contribution in [2.24, 2.45) is 5.10 Å². The Labute approximate surface area is 210 Å². The van der Waals surface area contributed by atoms with Gasteiger partial charge in [-0.3, -0.25) is 4.79 Å². The number of carbonyl (C=O) groups is 2. The van der Waals surface area contributed by atoms with Crippen LogP contribution in [-0.2, 0) is 11.2 Å². The average molecular weight is 499 g/mol. The third-order valence-electron chi connectivity index (χ3n) is 5.44. The Morgan fingerprint density at radius 2 is 1.60 bits per heavy atom. The maximum absolute atomic E-state index is 12.6. The van der Waals surface area contributed by atoms with Crippen LogP contribution in [0.4, 0.5) is 0 Å². The van der Waals surface area contributed by atoms with Gasteiger partial charge in [0, 0.05) is 10.1 Å². The zero-order valence-corrected chi connectivity index (χ0v) is 20.0. The molecule has 5 aromatic rings. The summed E-state index contributed by atoms with van der Waals surface area (Å²) in [5.74, 6) is -0.317. The standard InChI is InChI=1S/C28H19ClN2O3S/c29-26-23-10-3-4-11-24(23)35-27(26)28(33)34-21-14-12-18(13-15-21)17-30-31-25(32)16-20-8-5-7-19-6-1-2-9-22(19)20/h1-15,17H,16H2,(H,31,32). The minimum Gasteiger partial charge on any atom is -0.422 e. The molecule has 1 amide bonds. The summed E-state index contributed by atoms with van der Waals surface area (Å²) in [7, 11) is 0. The van der Waals surface area contributed by atoms with E-state index in [9.17, 15) is 9.59 Å². The topological polar surface area (TPSA) is 67.8 Å². The number of rotatable bonds is 6. The van der Waals surface area contributed by atoms with Gasteiger partial charge < -0.3 is 4.74 Å². The Hall–Kier alpha value is -4.00. The first-order chi connectivity index (χ1) is 17.1. The molecule has 0 bridgehead atoms. The molecule has 5 nitrogen and oxygen atoms in total. The van der Waals surface area contributed by atoms with Gasteiger partial charge in [-0.1, -0.05) is 72.3 Å². The third-order valence-corrected chi connectivity index (χ3v) is 7.10. The van der Waals surface area contributed by atoms with Crippen LogP contribution < -0.4 is 10.2 Å². The largest absolute Gasteiger partial charge is 0.422 e. The first kappa shape index (κ1) is 22.8. The van der Waals surface area contributed by atoms with E-state index in [0.717, 1.165) is 32.0 Å². The summed E-state index contributed by atoms with van der Waals surface area (Å²) in [6, 6.07) is 28.2. The number of hydrogen-bond acceptors (Lipinski definition) is 5. The molecular weight excluding hydrogens is 480 g/mol. The lowest BCUT2D eigenvalue weighted by Gasteiger charge is -2.05. The monoisotopic (exact) mass is 498 g/mol. The predicted molar refractivity (Wildman–Crippen MR) is 142 cm³/mol. The van der Waals surface area contributed by atoms with Crippen molar-refractivity contribution in [1.82, 2.24) is 5.43 Å². The van der Waals surface area contributed by atoms with Crippen LogP contribution in [0.1, 0.15) is 20.8 Å². The zero-order chi connectivity index (χ0) is 24.2. The smallest absolute Gasteiger partial charge is 0.355 e. The molecule has 0 aliphatic heterocycles. The van der Waals surface area contributed by atoms with Crippen molar-refractivity contribution >= 4 is 61.9 Å². The molecule has 0 aliphatic carbocycles. The summed E-state index contributed by atoms with van der Waals surface area (Å²) < 4.78 is 6.41. The van der Waals surface area contributed by atoms with Crippen molar-refractivity contribution in [3.05, 3.63) is 112 Å². The van der Waals surface area contributed by atoms with Gasteiger partial charge in [-0.05, 0) is 52.2 Å². The minimum atomic E-state index is -0.502. The molecule has 1 N–H and O–H groups in total. The number of hydrogen-bond donors (Lipinski definition) is 1. The summed E-state index contributed by atoms with van der Waals surface area (Å²) in [6.45, 7) is 0. The number of nitrogens with zero attached hydrogens (tertiary/aromatic N) is 1. The molecule has 7 heteroatoms. The number of halogens is 1. The van der Waals surface area contributed by atoms with Crippen LogP contribution in [0, 0.1) is 0 Å².